The van der Waals surface area contributed by atoms with E-state index in [1.54, 1.807) is 0 Å². The Kier molecular flexibility index (Phi) is 8.20. The van der Waals surface area contributed by atoms with E-state index in [0.29, 0.717) is 0 Å². The summed E-state index contributed by atoms with van der Waals surface area (Å²) in [6.45, 7) is 3.99. The van der Waals surface area contributed by atoms with Crippen molar-refractivity contribution in [3.8, 4) is 5.75 Å². The molecule has 0 unspecified atom stereocenters. The van der Waals surface area contributed by atoms with E-state index in [1.165, 1.54) is 18.2 Å². The summed E-state index contributed by atoms with van der Waals surface area (Å²) in [5, 5.41) is 0. The molecule has 1 aliphatic carbocycles. The van der Waals surface area contributed by atoms with Crippen LogP contribution < -0.4 is 4.74 Å². The topological polar surface area (TPSA) is 158 Å². The molecule has 192 valence electrons. The van der Waals surface area contributed by atoms with E-state index in [1.807, 2.05) is 0 Å². The van der Waals surface area contributed by atoms with Crippen molar-refractivity contribution in [3.05, 3.63) is 41.5 Å². The van der Waals surface area contributed by atoms with Gasteiger partial charge < -0.3 is 28.4 Å². The minimum atomic E-state index is -1.54. The molecule has 1 aromatic rings. The van der Waals surface area contributed by atoms with Crippen LogP contribution in [0.2, 0.25) is 0 Å². The molecule has 12 nitrogen and oxygen atoms in total. The van der Waals surface area contributed by atoms with Crippen LogP contribution in [0.4, 0.5) is 0 Å². The van der Waals surface area contributed by atoms with Gasteiger partial charge in [-0.1, -0.05) is 12.1 Å². The van der Waals surface area contributed by atoms with Gasteiger partial charge in [0.2, 0.25) is 12.4 Å². The van der Waals surface area contributed by atoms with Crippen LogP contribution in [0, 0.1) is 0 Å². The van der Waals surface area contributed by atoms with Gasteiger partial charge in [-0.3, -0.25) is 28.8 Å². The molecule has 0 saturated carbocycles. The number of carbonyl (C=O) groups excluding carboxylic acids is 6. The number of allylic oxidation sites excluding steroid dienone is 2. The van der Waals surface area contributed by atoms with Crippen molar-refractivity contribution in [3.63, 3.8) is 0 Å². The molecular weight excluding hydrogens is 480 g/mol. The smallest absolute Gasteiger partial charge is 0.303 e. The third-order valence-electron chi connectivity index (χ3n) is 5.12. The molecular formula is C24H24O12. The second kappa shape index (κ2) is 11.1. The number of benzene rings is 1. The number of ether oxygens (including phenoxy) is 6. The van der Waals surface area contributed by atoms with Gasteiger partial charge in [-0.05, 0) is 18.2 Å². The fourth-order valence-corrected chi connectivity index (χ4v) is 3.82. The van der Waals surface area contributed by atoms with Crippen LogP contribution in [0.1, 0.15) is 48.4 Å². The van der Waals surface area contributed by atoms with Gasteiger partial charge in [-0.15, -0.1) is 0 Å². The first kappa shape index (κ1) is 26.5. The zero-order valence-electron chi connectivity index (χ0n) is 19.9. The number of hydrogen-bond acceptors (Lipinski definition) is 12. The van der Waals surface area contributed by atoms with Crippen molar-refractivity contribution >= 4 is 35.4 Å². The molecule has 0 radical (unpaired) electrons. The molecule has 1 heterocycles. The second-order valence-electron chi connectivity index (χ2n) is 7.93. The number of fused-ring (bicyclic) bond motifs is 1. The summed E-state index contributed by atoms with van der Waals surface area (Å²) in [5.74, 6) is -4.05. The van der Waals surface area contributed by atoms with Gasteiger partial charge in [0.15, 0.2) is 23.8 Å². The van der Waals surface area contributed by atoms with Crippen LogP contribution in [-0.4, -0.2) is 72.8 Å². The zero-order chi connectivity index (χ0) is 26.6. The maximum Gasteiger partial charge on any atom is 0.303 e. The SMILES string of the molecule is CC(=O)OC[C@H]1O[C@@H](Oc2cccc3c2C(=O)C=CC3=O)[C@H](OC(C)=O)[C@@H](OC(C)=O)[C@@H]1OC(C)=O. The first-order chi connectivity index (χ1) is 17.0. The Morgan fingerprint density at radius 1 is 0.778 bits per heavy atom. The molecule has 0 amide bonds. The van der Waals surface area contributed by atoms with Gasteiger partial charge in [0, 0.05) is 33.3 Å². The predicted octanol–water partition coefficient (Wildman–Crippen LogP) is 1.08. The highest BCUT2D eigenvalue weighted by Crippen LogP contribution is 2.34. The van der Waals surface area contributed by atoms with Gasteiger partial charge in [-0.2, -0.15) is 0 Å². The fraction of sp³-hybridized carbons (Fsp3) is 0.417. The van der Waals surface area contributed by atoms with Crippen molar-refractivity contribution in [2.75, 3.05) is 6.61 Å². The standard InChI is InChI=1S/C24H24O12/c1-11(25)31-10-19-21(32-12(2)26)22(33-13(3)27)23(34-14(4)28)24(36-19)35-18-7-5-6-15-16(29)8-9-17(30)20(15)18/h5-9,19,21-24H,10H2,1-4H3/t19-,21-,22+,23-,24-/m1/s1. The fourth-order valence-electron chi connectivity index (χ4n) is 3.82. The molecule has 1 saturated heterocycles. The van der Waals surface area contributed by atoms with Gasteiger partial charge in [0.1, 0.15) is 18.5 Å². The number of ketones is 2. The van der Waals surface area contributed by atoms with E-state index in [0.717, 1.165) is 39.8 Å². The van der Waals surface area contributed by atoms with Crippen molar-refractivity contribution in [1.82, 2.24) is 0 Å². The van der Waals surface area contributed by atoms with Crippen LogP contribution in [0.3, 0.4) is 0 Å². The predicted molar refractivity (Wildman–Crippen MR) is 117 cm³/mol. The Labute approximate surface area is 205 Å². The lowest BCUT2D eigenvalue weighted by atomic mass is 9.94. The molecule has 3 rings (SSSR count). The van der Waals surface area contributed by atoms with Crippen molar-refractivity contribution in [1.29, 1.82) is 0 Å². The summed E-state index contributed by atoms with van der Waals surface area (Å²) in [6.07, 6.45) is -4.82. The third-order valence-corrected chi connectivity index (χ3v) is 5.12. The van der Waals surface area contributed by atoms with E-state index >= 15 is 0 Å². The quantitative estimate of drug-likeness (QED) is 0.385. The first-order valence-electron chi connectivity index (χ1n) is 10.8. The maximum atomic E-state index is 12.5. The maximum absolute atomic E-state index is 12.5. The van der Waals surface area contributed by atoms with E-state index < -0.39 is 72.8 Å². The van der Waals surface area contributed by atoms with Gasteiger partial charge in [0.25, 0.3) is 0 Å². The lowest BCUT2D eigenvalue weighted by Crippen LogP contribution is -2.63. The number of hydrogen-bond donors (Lipinski definition) is 0. The summed E-state index contributed by atoms with van der Waals surface area (Å²) in [6, 6.07) is 4.32. The molecule has 0 N–H and O–H groups in total. The third kappa shape index (κ3) is 6.13. The highest BCUT2D eigenvalue weighted by molar-refractivity contribution is 6.23. The minimum absolute atomic E-state index is 0.0437. The van der Waals surface area contributed by atoms with E-state index in [4.69, 9.17) is 28.4 Å². The van der Waals surface area contributed by atoms with Crippen LogP contribution >= 0.6 is 0 Å². The highest BCUT2D eigenvalue weighted by Gasteiger charge is 2.53. The summed E-state index contributed by atoms with van der Waals surface area (Å²) in [7, 11) is 0. The molecule has 0 aromatic heterocycles. The number of carbonyl (C=O) groups is 6. The van der Waals surface area contributed by atoms with Crippen LogP contribution in [0.25, 0.3) is 0 Å². The molecule has 2 aliphatic rings. The van der Waals surface area contributed by atoms with Gasteiger partial charge in [-0.25, -0.2) is 0 Å². The average molecular weight is 504 g/mol. The molecule has 1 aliphatic heterocycles. The Morgan fingerprint density at radius 2 is 1.36 bits per heavy atom. The second-order valence-corrected chi connectivity index (χ2v) is 7.93. The molecule has 12 heteroatoms. The van der Waals surface area contributed by atoms with Crippen molar-refractivity contribution in [2.24, 2.45) is 0 Å². The molecule has 36 heavy (non-hydrogen) atoms. The summed E-state index contributed by atoms with van der Waals surface area (Å²) in [5.41, 5.74) is 0.0449. The van der Waals surface area contributed by atoms with Gasteiger partial charge >= 0.3 is 23.9 Å². The monoisotopic (exact) mass is 504 g/mol. The largest absolute Gasteiger partial charge is 0.463 e. The van der Waals surface area contributed by atoms with Gasteiger partial charge in [0.05, 0.1) is 5.56 Å². The Morgan fingerprint density at radius 3 is 1.97 bits per heavy atom. The normalized spacial score (nSPS) is 24.8. The molecule has 5 atom stereocenters. The Balaban J connectivity index is 2.06. The molecule has 1 fully saturated rings. The van der Waals surface area contributed by atoms with Crippen LogP contribution in [0.5, 0.6) is 5.75 Å². The minimum Gasteiger partial charge on any atom is -0.463 e. The lowest BCUT2D eigenvalue weighted by Gasteiger charge is -2.44. The molecule has 0 bridgehead atoms. The average Bonchev–Trinajstić information content (AvgIpc) is 2.78. The summed E-state index contributed by atoms with van der Waals surface area (Å²) < 4.78 is 32.8. The lowest BCUT2D eigenvalue weighted by molar-refractivity contribution is -0.288. The highest BCUT2D eigenvalue weighted by atomic mass is 16.7. The Bertz CT molecular complexity index is 1120. The van der Waals surface area contributed by atoms with E-state index in [9.17, 15) is 28.8 Å². The Hall–Kier alpha value is -4.06. The zero-order valence-corrected chi connectivity index (χ0v) is 19.9. The van der Waals surface area contributed by atoms with Crippen molar-refractivity contribution < 1.29 is 57.2 Å². The van der Waals surface area contributed by atoms with E-state index in [-0.39, 0.29) is 16.9 Å². The number of esters is 4. The molecule has 1 aromatic carbocycles. The van der Waals surface area contributed by atoms with E-state index in [2.05, 4.69) is 0 Å². The molecule has 0 spiro atoms. The van der Waals surface area contributed by atoms with Crippen molar-refractivity contribution in [2.45, 2.75) is 58.4 Å². The first-order valence-corrected chi connectivity index (χ1v) is 10.8. The summed E-state index contributed by atoms with van der Waals surface area (Å²) >= 11 is 0. The van der Waals surface area contributed by atoms with Crippen LogP contribution in [0.15, 0.2) is 30.4 Å². The van der Waals surface area contributed by atoms with Crippen LogP contribution in [-0.2, 0) is 42.9 Å². The summed E-state index contributed by atoms with van der Waals surface area (Å²) in [4.78, 5) is 71.9. The number of rotatable bonds is 7.